The molecule has 1 fully saturated rings. The lowest BCUT2D eigenvalue weighted by atomic mass is 10.0. The number of hydrogen-bond donors (Lipinski definition) is 0. The number of piperazine rings is 1. The highest BCUT2D eigenvalue weighted by Crippen LogP contribution is 2.23. The quantitative estimate of drug-likeness (QED) is 0.451. The highest BCUT2D eigenvalue weighted by molar-refractivity contribution is 5.85. The highest BCUT2D eigenvalue weighted by Gasteiger charge is 2.28. The van der Waals surface area contributed by atoms with Crippen molar-refractivity contribution in [3.05, 3.63) is 78.1 Å². The molecule has 1 aromatic heterocycles. The molecule has 0 saturated carbocycles. The van der Waals surface area contributed by atoms with E-state index in [2.05, 4.69) is 15.1 Å². The van der Waals surface area contributed by atoms with Crippen molar-refractivity contribution in [3.8, 4) is 11.3 Å². The van der Waals surface area contributed by atoms with E-state index < -0.39 is 0 Å². The first-order valence-electron chi connectivity index (χ1n) is 12.8. The first-order valence-corrected chi connectivity index (χ1v) is 12.8. The van der Waals surface area contributed by atoms with Crippen molar-refractivity contribution in [2.75, 3.05) is 37.6 Å². The van der Waals surface area contributed by atoms with Gasteiger partial charge in [-0.05, 0) is 54.8 Å². The summed E-state index contributed by atoms with van der Waals surface area (Å²) in [7, 11) is 0. The predicted octanol–water partition coefficient (Wildman–Crippen LogP) is 4.57. The Balaban J connectivity index is 1.37. The number of halogens is 1. The normalized spacial score (nSPS) is 14.5. The second kappa shape index (κ2) is 12.0. The van der Waals surface area contributed by atoms with Crippen LogP contribution in [0.4, 0.5) is 10.2 Å². The fourth-order valence-electron chi connectivity index (χ4n) is 4.52. The zero-order chi connectivity index (χ0) is 26.4. The molecule has 1 atom stereocenters. The van der Waals surface area contributed by atoms with E-state index in [1.807, 2.05) is 68.1 Å². The van der Waals surface area contributed by atoms with E-state index >= 15 is 0 Å². The number of hydrogen-bond acceptors (Lipinski definition) is 5. The van der Waals surface area contributed by atoms with Crippen molar-refractivity contribution < 1.29 is 14.0 Å². The van der Waals surface area contributed by atoms with Crippen LogP contribution in [0.1, 0.15) is 38.8 Å². The molecule has 1 aliphatic heterocycles. The van der Waals surface area contributed by atoms with E-state index in [4.69, 9.17) is 0 Å². The first-order chi connectivity index (χ1) is 17.8. The SMILES string of the molecule is CC(C)CC(=O)N(CC(=O)N1CCN(c2ccc(-c3ccc(F)cc3)nn2)CC1)C(C)c1ccccc1. The fraction of sp³-hybridized carbons (Fsp3) is 0.379. The van der Waals surface area contributed by atoms with Crippen molar-refractivity contribution in [2.45, 2.75) is 33.2 Å². The molecule has 8 heteroatoms. The smallest absolute Gasteiger partial charge is 0.242 e. The van der Waals surface area contributed by atoms with Crippen LogP contribution in [-0.4, -0.2) is 64.5 Å². The van der Waals surface area contributed by atoms with Crippen LogP contribution in [0.25, 0.3) is 11.3 Å². The van der Waals surface area contributed by atoms with Gasteiger partial charge in [0.2, 0.25) is 11.8 Å². The summed E-state index contributed by atoms with van der Waals surface area (Å²) in [6, 6.07) is 19.6. The topological polar surface area (TPSA) is 69.6 Å². The lowest BCUT2D eigenvalue weighted by Crippen LogP contribution is -2.52. The van der Waals surface area contributed by atoms with Gasteiger partial charge < -0.3 is 14.7 Å². The average Bonchev–Trinajstić information content (AvgIpc) is 2.92. The van der Waals surface area contributed by atoms with Gasteiger partial charge in [0.05, 0.1) is 11.7 Å². The van der Waals surface area contributed by atoms with Crippen molar-refractivity contribution in [1.82, 2.24) is 20.0 Å². The molecule has 2 heterocycles. The second-order valence-electron chi connectivity index (χ2n) is 9.86. The average molecular weight is 504 g/mol. The molecule has 0 radical (unpaired) electrons. The van der Waals surface area contributed by atoms with E-state index in [1.54, 1.807) is 17.0 Å². The van der Waals surface area contributed by atoms with E-state index in [9.17, 15) is 14.0 Å². The number of rotatable bonds is 8. The summed E-state index contributed by atoms with van der Waals surface area (Å²) >= 11 is 0. The van der Waals surface area contributed by atoms with Gasteiger partial charge in [-0.3, -0.25) is 9.59 Å². The van der Waals surface area contributed by atoms with Gasteiger partial charge in [0.15, 0.2) is 5.82 Å². The summed E-state index contributed by atoms with van der Waals surface area (Å²) in [6.45, 7) is 8.42. The molecule has 0 spiro atoms. The number of benzene rings is 2. The molecule has 194 valence electrons. The van der Waals surface area contributed by atoms with Crippen LogP contribution in [0, 0.1) is 11.7 Å². The largest absolute Gasteiger partial charge is 0.352 e. The standard InChI is InChI=1S/C29H34FN5O2/c1-21(2)19-28(36)35(22(3)23-7-5-4-6-8-23)20-29(37)34-17-15-33(16-18-34)27-14-13-26(31-32-27)24-9-11-25(30)12-10-24/h4-14,21-22H,15-20H2,1-3H3. The Labute approximate surface area is 217 Å². The predicted molar refractivity (Wildman–Crippen MR) is 142 cm³/mol. The van der Waals surface area contributed by atoms with Crippen molar-refractivity contribution in [2.24, 2.45) is 5.92 Å². The van der Waals surface area contributed by atoms with Crippen LogP contribution in [0.5, 0.6) is 0 Å². The Bertz CT molecular complexity index is 1180. The number of carbonyl (C=O) groups excluding carboxylic acids is 2. The summed E-state index contributed by atoms with van der Waals surface area (Å²) in [5.41, 5.74) is 2.49. The molecule has 0 N–H and O–H groups in total. The third-order valence-corrected chi connectivity index (χ3v) is 6.71. The molecule has 1 unspecified atom stereocenters. The van der Waals surface area contributed by atoms with Crippen LogP contribution in [-0.2, 0) is 9.59 Å². The van der Waals surface area contributed by atoms with E-state index in [0.29, 0.717) is 38.3 Å². The molecule has 4 rings (SSSR count). The zero-order valence-electron chi connectivity index (χ0n) is 21.7. The Morgan fingerprint density at radius 3 is 2.16 bits per heavy atom. The maximum Gasteiger partial charge on any atom is 0.242 e. The number of carbonyl (C=O) groups is 2. The van der Waals surface area contributed by atoms with Gasteiger partial charge in [-0.25, -0.2) is 4.39 Å². The van der Waals surface area contributed by atoms with Crippen LogP contribution in [0.2, 0.25) is 0 Å². The molecule has 1 saturated heterocycles. The summed E-state index contributed by atoms with van der Waals surface area (Å²) in [4.78, 5) is 32.0. The number of amides is 2. The van der Waals surface area contributed by atoms with Gasteiger partial charge in [0.25, 0.3) is 0 Å². The van der Waals surface area contributed by atoms with E-state index in [1.165, 1.54) is 12.1 Å². The van der Waals surface area contributed by atoms with Gasteiger partial charge in [-0.1, -0.05) is 44.2 Å². The van der Waals surface area contributed by atoms with Gasteiger partial charge in [-0.2, -0.15) is 0 Å². The highest BCUT2D eigenvalue weighted by atomic mass is 19.1. The minimum absolute atomic E-state index is 0.00476. The molecular formula is C29H34FN5O2. The molecule has 37 heavy (non-hydrogen) atoms. The molecule has 2 aromatic carbocycles. The third kappa shape index (κ3) is 6.70. The summed E-state index contributed by atoms with van der Waals surface area (Å²) in [6.07, 6.45) is 0.408. The summed E-state index contributed by atoms with van der Waals surface area (Å²) < 4.78 is 13.2. The molecule has 0 aliphatic carbocycles. The molecular weight excluding hydrogens is 469 g/mol. The molecule has 1 aliphatic rings. The van der Waals surface area contributed by atoms with E-state index in [-0.39, 0.29) is 36.1 Å². The molecule has 3 aromatic rings. The van der Waals surface area contributed by atoms with Gasteiger partial charge in [0.1, 0.15) is 12.4 Å². The fourth-order valence-corrected chi connectivity index (χ4v) is 4.52. The van der Waals surface area contributed by atoms with Crippen LogP contribution in [0.15, 0.2) is 66.7 Å². The maximum atomic E-state index is 13.3. The zero-order valence-corrected chi connectivity index (χ0v) is 21.7. The lowest BCUT2D eigenvalue weighted by molar-refractivity contribution is -0.143. The summed E-state index contributed by atoms with van der Waals surface area (Å²) in [5.74, 6) is 0.617. The number of anilines is 1. The molecule has 2 amide bonds. The van der Waals surface area contributed by atoms with Gasteiger partial charge in [-0.15, -0.1) is 10.2 Å². The molecule has 0 bridgehead atoms. The van der Waals surface area contributed by atoms with Crippen LogP contribution < -0.4 is 4.90 Å². The minimum atomic E-state index is -0.289. The first kappa shape index (κ1) is 26.3. The van der Waals surface area contributed by atoms with Crippen molar-refractivity contribution in [1.29, 1.82) is 0 Å². The lowest BCUT2D eigenvalue weighted by Gasteiger charge is -2.37. The Hall–Kier alpha value is -3.81. The Morgan fingerprint density at radius 1 is 0.892 bits per heavy atom. The Kier molecular flexibility index (Phi) is 8.48. The number of aromatic nitrogens is 2. The Morgan fingerprint density at radius 2 is 1.57 bits per heavy atom. The maximum absolute atomic E-state index is 13.3. The van der Waals surface area contributed by atoms with Gasteiger partial charge >= 0.3 is 0 Å². The van der Waals surface area contributed by atoms with Gasteiger partial charge in [0, 0.05) is 38.2 Å². The monoisotopic (exact) mass is 503 g/mol. The van der Waals surface area contributed by atoms with E-state index in [0.717, 1.165) is 16.9 Å². The van der Waals surface area contributed by atoms with Crippen molar-refractivity contribution in [3.63, 3.8) is 0 Å². The van der Waals surface area contributed by atoms with Crippen LogP contribution in [0.3, 0.4) is 0 Å². The van der Waals surface area contributed by atoms with Crippen LogP contribution >= 0.6 is 0 Å². The second-order valence-corrected chi connectivity index (χ2v) is 9.86. The number of nitrogens with zero attached hydrogens (tertiary/aromatic N) is 5. The van der Waals surface area contributed by atoms with Crippen molar-refractivity contribution >= 4 is 17.6 Å². The third-order valence-electron chi connectivity index (χ3n) is 6.71. The summed E-state index contributed by atoms with van der Waals surface area (Å²) in [5, 5.41) is 8.65. The molecule has 7 nitrogen and oxygen atoms in total. The minimum Gasteiger partial charge on any atom is -0.352 e.